The van der Waals surface area contributed by atoms with Gasteiger partial charge in [0.1, 0.15) is 0 Å². The summed E-state index contributed by atoms with van der Waals surface area (Å²) in [6, 6.07) is 5.46. The highest BCUT2D eigenvalue weighted by molar-refractivity contribution is 7.89. The highest BCUT2D eigenvalue weighted by atomic mass is 35.5. The molecule has 1 aromatic rings. The Bertz CT molecular complexity index is 589. The topological polar surface area (TPSA) is 61.4 Å². The summed E-state index contributed by atoms with van der Waals surface area (Å²) in [5.74, 6) is 0. The molecule has 2 rings (SSSR count). The van der Waals surface area contributed by atoms with Crippen LogP contribution in [0.3, 0.4) is 0 Å². The molecule has 0 fully saturated rings. The Kier molecular flexibility index (Phi) is 8.50. The fourth-order valence-corrected chi connectivity index (χ4v) is 3.88. The zero-order valence-corrected chi connectivity index (χ0v) is 15.6. The quantitative estimate of drug-likeness (QED) is 0.693. The summed E-state index contributed by atoms with van der Waals surface area (Å²) in [6.07, 6.45) is 1.79. The van der Waals surface area contributed by atoms with Gasteiger partial charge in [-0.15, -0.1) is 12.4 Å². The molecule has 23 heavy (non-hydrogen) atoms. The van der Waals surface area contributed by atoms with Gasteiger partial charge in [0.25, 0.3) is 0 Å². The summed E-state index contributed by atoms with van der Waals surface area (Å²) < 4.78 is 27.4. The van der Waals surface area contributed by atoms with E-state index in [2.05, 4.69) is 28.8 Å². The lowest BCUT2D eigenvalue weighted by Crippen LogP contribution is -2.30. The molecule has 0 saturated heterocycles. The van der Waals surface area contributed by atoms with Gasteiger partial charge in [-0.05, 0) is 62.3 Å². The second-order valence-electron chi connectivity index (χ2n) is 5.64. The van der Waals surface area contributed by atoms with Crippen molar-refractivity contribution in [3.05, 3.63) is 29.3 Å². The van der Waals surface area contributed by atoms with Crippen LogP contribution >= 0.6 is 12.4 Å². The fourth-order valence-electron chi connectivity index (χ4n) is 2.76. The van der Waals surface area contributed by atoms with E-state index in [4.69, 9.17) is 0 Å². The normalized spacial score (nSPS) is 14.4. The van der Waals surface area contributed by atoms with E-state index in [0.717, 1.165) is 51.1 Å². The summed E-state index contributed by atoms with van der Waals surface area (Å²) in [5, 5.41) is 3.28. The molecule has 0 bridgehead atoms. The van der Waals surface area contributed by atoms with Gasteiger partial charge < -0.3 is 10.2 Å². The smallest absolute Gasteiger partial charge is 0.240 e. The molecule has 1 aliphatic rings. The van der Waals surface area contributed by atoms with Crippen molar-refractivity contribution in [3.8, 4) is 0 Å². The third-order valence-electron chi connectivity index (χ3n) is 4.21. The molecule has 0 spiro atoms. The zero-order valence-electron chi connectivity index (χ0n) is 14.0. The maximum Gasteiger partial charge on any atom is 0.240 e. The maximum absolute atomic E-state index is 12.4. The van der Waals surface area contributed by atoms with Gasteiger partial charge in [-0.3, -0.25) is 0 Å². The minimum Gasteiger partial charge on any atom is -0.312 e. The van der Waals surface area contributed by atoms with E-state index >= 15 is 0 Å². The Balaban J connectivity index is 0.00000264. The summed E-state index contributed by atoms with van der Waals surface area (Å²) >= 11 is 0. The van der Waals surface area contributed by atoms with Gasteiger partial charge in [-0.2, -0.15) is 0 Å². The Hall–Kier alpha value is -0.660. The van der Waals surface area contributed by atoms with Gasteiger partial charge in [0, 0.05) is 13.1 Å². The summed E-state index contributed by atoms with van der Waals surface area (Å²) in [6.45, 7) is 9.35. The second kappa shape index (κ2) is 9.59. The van der Waals surface area contributed by atoms with E-state index in [-0.39, 0.29) is 12.4 Å². The van der Waals surface area contributed by atoms with Crippen molar-refractivity contribution in [1.29, 1.82) is 0 Å². The van der Waals surface area contributed by atoms with Crippen LogP contribution in [-0.4, -0.2) is 46.0 Å². The number of rotatable bonds is 8. The van der Waals surface area contributed by atoms with Crippen LogP contribution in [0.25, 0.3) is 0 Å². The number of halogens is 1. The molecule has 5 nitrogen and oxygen atoms in total. The standard InChI is InChI=1S/C16H27N3O2S.ClH/c1-3-19(4-2)11-5-9-18-22(20,21)16-7-6-14-8-10-17-13-15(14)12-16;/h6-7,12,17-18H,3-5,8-11,13H2,1-2H3;1H. The van der Waals surface area contributed by atoms with Crippen LogP contribution in [0.2, 0.25) is 0 Å². The number of nitrogens with one attached hydrogen (secondary N) is 2. The number of sulfonamides is 1. The highest BCUT2D eigenvalue weighted by Crippen LogP contribution is 2.18. The number of hydrogen-bond donors (Lipinski definition) is 2. The van der Waals surface area contributed by atoms with Gasteiger partial charge in [0.15, 0.2) is 0 Å². The second-order valence-corrected chi connectivity index (χ2v) is 7.40. The van der Waals surface area contributed by atoms with Gasteiger partial charge >= 0.3 is 0 Å². The molecule has 0 aromatic heterocycles. The van der Waals surface area contributed by atoms with Crippen molar-refractivity contribution >= 4 is 22.4 Å². The first-order chi connectivity index (χ1) is 10.6. The monoisotopic (exact) mass is 361 g/mol. The van der Waals surface area contributed by atoms with Crippen LogP contribution in [0.4, 0.5) is 0 Å². The zero-order chi connectivity index (χ0) is 16.0. The van der Waals surface area contributed by atoms with Crippen LogP contribution in [0.5, 0.6) is 0 Å². The van der Waals surface area contributed by atoms with E-state index < -0.39 is 10.0 Å². The lowest BCUT2D eigenvalue weighted by Gasteiger charge is -2.19. The average molecular weight is 362 g/mol. The lowest BCUT2D eigenvalue weighted by atomic mass is 10.0. The van der Waals surface area contributed by atoms with Gasteiger partial charge in [0.05, 0.1) is 4.90 Å². The van der Waals surface area contributed by atoms with E-state index in [1.165, 1.54) is 5.56 Å². The largest absolute Gasteiger partial charge is 0.312 e. The molecule has 0 unspecified atom stereocenters. The summed E-state index contributed by atoms with van der Waals surface area (Å²) in [7, 11) is -3.40. The van der Waals surface area contributed by atoms with Crippen LogP contribution in [0.15, 0.2) is 23.1 Å². The summed E-state index contributed by atoms with van der Waals surface area (Å²) in [5.41, 5.74) is 2.34. The number of hydrogen-bond acceptors (Lipinski definition) is 4. The number of nitrogens with zero attached hydrogens (tertiary/aromatic N) is 1. The Morgan fingerprint density at radius 3 is 2.65 bits per heavy atom. The number of fused-ring (bicyclic) bond motifs is 1. The molecule has 132 valence electrons. The molecule has 1 aromatic carbocycles. The Morgan fingerprint density at radius 2 is 1.96 bits per heavy atom. The minimum atomic E-state index is -3.40. The molecule has 2 N–H and O–H groups in total. The van der Waals surface area contributed by atoms with Gasteiger partial charge in [-0.1, -0.05) is 19.9 Å². The minimum absolute atomic E-state index is 0. The van der Waals surface area contributed by atoms with Crippen molar-refractivity contribution in [2.24, 2.45) is 0 Å². The molecule has 0 radical (unpaired) electrons. The van der Waals surface area contributed by atoms with Crippen molar-refractivity contribution < 1.29 is 8.42 Å². The molecule has 0 amide bonds. The van der Waals surface area contributed by atoms with E-state index in [1.54, 1.807) is 12.1 Å². The van der Waals surface area contributed by atoms with Gasteiger partial charge in [-0.25, -0.2) is 13.1 Å². The van der Waals surface area contributed by atoms with E-state index in [0.29, 0.717) is 11.4 Å². The van der Waals surface area contributed by atoms with Crippen molar-refractivity contribution in [2.45, 2.75) is 38.1 Å². The molecule has 0 atom stereocenters. The van der Waals surface area contributed by atoms with Crippen molar-refractivity contribution in [2.75, 3.05) is 32.7 Å². The Labute approximate surface area is 146 Å². The maximum atomic E-state index is 12.4. The van der Waals surface area contributed by atoms with Gasteiger partial charge in [0.2, 0.25) is 10.0 Å². The molecule has 1 heterocycles. The fraction of sp³-hybridized carbons (Fsp3) is 0.625. The first-order valence-corrected chi connectivity index (χ1v) is 9.59. The molecule has 1 aliphatic heterocycles. The van der Waals surface area contributed by atoms with Crippen LogP contribution in [0, 0.1) is 0 Å². The predicted molar refractivity (Wildman–Crippen MR) is 96.7 cm³/mol. The lowest BCUT2D eigenvalue weighted by molar-refractivity contribution is 0.300. The SMILES string of the molecule is CCN(CC)CCCNS(=O)(=O)c1ccc2c(c1)CNCC2.Cl. The van der Waals surface area contributed by atoms with Crippen LogP contribution in [0.1, 0.15) is 31.4 Å². The van der Waals surface area contributed by atoms with Crippen LogP contribution in [-0.2, 0) is 23.0 Å². The molecular formula is C16H28ClN3O2S. The van der Waals surface area contributed by atoms with E-state index in [1.807, 2.05) is 6.07 Å². The third-order valence-corrected chi connectivity index (χ3v) is 5.67. The van der Waals surface area contributed by atoms with Crippen molar-refractivity contribution in [3.63, 3.8) is 0 Å². The first-order valence-electron chi connectivity index (χ1n) is 8.11. The molecule has 0 aliphatic carbocycles. The first kappa shape index (κ1) is 20.4. The average Bonchev–Trinajstić information content (AvgIpc) is 2.54. The number of benzene rings is 1. The van der Waals surface area contributed by atoms with Crippen LogP contribution < -0.4 is 10.0 Å². The highest BCUT2D eigenvalue weighted by Gasteiger charge is 2.17. The van der Waals surface area contributed by atoms with E-state index in [9.17, 15) is 8.42 Å². The third kappa shape index (κ3) is 5.72. The molecule has 0 saturated carbocycles. The Morgan fingerprint density at radius 1 is 1.22 bits per heavy atom. The molecule has 7 heteroatoms. The predicted octanol–water partition coefficient (Wildman–Crippen LogP) is 1.76. The van der Waals surface area contributed by atoms with Crippen molar-refractivity contribution in [1.82, 2.24) is 14.9 Å². The molecular weight excluding hydrogens is 334 g/mol. The summed E-state index contributed by atoms with van der Waals surface area (Å²) in [4.78, 5) is 2.66.